The van der Waals surface area contributed by atoms with Crippen LogP contribution in [0, 0.1) is 0 Å². The van der Waals surface area contributed by atoms with Crippen molar-refractivity contribution in [2.75, 3.05) is 5.33 Å². The molecular weight excluding hydrogens is 328 g/mol. The monoisotopic (exact) mass is 346 g/mol. The molecule has 2 rings (SSSR count). The van der Waals surface area contributed by atoms with Gasteiger partial charge in [-0.25, -0.2) is 0 Å². The van der Waals surface area contributed by atoms with E-state index in [1.165, 1.54) is 0 Å². The Balaban J connectivity index is 2.14. The zero-order valence-electron chi connectivity index (χ0n) is 11.9. The molecule has 0 bridgehead atoms. The third kappa shape index (κ3) is 4.43. The highest BCUT2D eigenvalue weighted by molar-refractivity contribution is 9.09. The Morgan fingerprint density at radius 1 is 0.952 bits per heavy atom. The lowest BCUT2D eigenvalue weighted by Crippen LogP contribution is -2.00. The minimum Gasteiger partial charge on any atom is -0.507 e. The number of phenols is 1. The van der Waals surface area contributed by atoms with E-state index in [0.717, 1.165) is 35.7 Å². The van der Waals surface area contributed by atoms with Crippen LogP contribution in [-0.4, -0.2) is 16.2 Å². The third-order valence-corrected chi connectivity index (χ3v) is 4.00. The summed E-state index contributed by atoms with van der Waals surface area (Å²) in [7, 11) is 0. The van der Waals surface area contributed by atoms with Gasteiger partial charge in [0, 0.05) is 11.8 Å². The van der Waals surface area contributed by atoms with E-state index >= 15 is 0 Å². The summed E-state index contributed by atoms with van der Waals surface area (Å²) in [5.41, 5.74) is 2.43. The van der Waals surface area contributed by atoms with E-state index < -0.39 is 0 Å². The van der Waals surface area contributed by atoms with Gasteiger partial charge in [-0.3, -0.25) is 4.79 Å². The predicted molar refractivity (Wildman–Crippen MR) is 90.1 cm³/mol. The summed E-state index contributed by atoms with van der Waals surface area (Å²) in [6.45, 7) is 0. The molecule has 3 heteroatoms. The Morgan fingerprint density at radius 2 is 1.71 bits per heavy atom. The van der Waals surface area contributed by atoms with E-state index in [1.807, 2.05) is 36.4 Å². The van der Waals surface area contributed by atoms with Crippen molar-refractivity contribution in [3.05, 3.63) is 54.1 Å². The maximum absolute atomic E-state index is 12.2. The molecule has 0 saturated carbocycles. The van der Waals surface area contributed by atoms with Gasteiger partial charge in [-0.15, -0.1) is 0 Å². The summed E-state index contributed by atoms with van der Waals surface area (Å²) in [5, 5.41) is 10.9. The number of benzene rings is 2. The quantitative estimate of drug-likeness (QED) is 0.425. The molecule has 110 valence electrons. The lowest BCUT2D eigenvalue weighted by Gasteiger charge is -2.07. The number of hydrogen-bond donors (Lipinski definition) is 1. The molecule has 2 nitrogen and oxygen atoms in total. The van der Waals surface area contributed by atoms with Gasteiger partial charge in [0.1, 0.15) is 5.75 Å². The summed E-state index contributed by atoms with van der Waals surface area (Å²) in [6, 6.07) is 15.1. The molecule has 0 atom stereocenters. The highest BCUT2D eigenvalue weighted by atomic mass is 79.9. The van der Waals surface area contributed by atoms with Gasteiger partial charge < -0.3 is 5.11 Å². The van der Waals surface area contributed by atoms with Gasteiger partial charge in [-0.2, -0.15) is 0 Å². The van der Waals surface area contributed by atoms with Crippen LogP contribution in [0.5, 0.6) is 5.75 Å². The number of hydrogen-bond acceptors (Lipinski definition) is 2. The number of ketones is 1. The second-order valence-electron chi connectivity index (χ2n) is 5.02. The molecule has 0 fully saturated rings. The summed E-state index contributed by atoms with van der Waals surface area (Å²) in [5.74, 6) is 0.0834. The molecule has 0 aliphatic heterocycles. The Labute approximate surface area is 134 Å². The maximum atomic E-state index is 12.2. The van der Waals surface area contributed by atoms with Crippen molar-refractivity contribution in [3.8, 4) is 16.9 Å². The maximum Gasteiger partial charge on any atom is 0.166 e. The van der Waals surface area contributed by atoms with Crippen molar-refractivity contribution in [2.24, 2.45) is 0 Å². The van der Waals surface area contributed by atoms with Crippen molar-refractivity contribution >= 4 is 21.7 Å². The third-order valence-electron chi connectivity index (χ3n) is 3.44. The van der Waals surface area contributed by atoms with Crippen LogP contribution in [0.15, 0.2) is 48.5 Å². The molecule has 0 aliphatic rings. The van der Waals surface area contributed by atoms with Crippen molar-refractivity contribution < 1.29 is 9.90 Å². The average Bonchev–Trinajstić information content (AvgIpc) is 2.52. The number of aromatic hydroxyl groups is 1. The van der Waals surface area contributed by atoms with E-state index in [0.29, 0.717) is 12.0 Å². The normalized spacial score (nSPS) is 10.5. The van der Waals surface area contributed by atoms with E-state index in [2.05, 4.69) is 15.9 Å². The summed E-state index contributed by atoms with van der Waals surface area (Å²) in [6.07, 6.45) is 3.44. The minimum atomic E-state index is 0.0138. The molecule has 21 heavy (non-hydrogen) atoms. The van der Waals surface area contributed by atoms with Gasteiger partial charge in [0.05, 0.1) is 5.56 Å². The lowest BCUT2D eigenvalue weighted by atomic mass is 9.98. The summed E-state index contributed by atoms with van der Waals surface area (Å²) in [4.78, 5) is 12.2. The molecule has 2 aromatic rings. The largest absolute Gasteiger partial charge is 0.507 e. The van der Waals surface area contributed by atoms with Gasteiger partial charge in [0.15, 0.2) is 5.78 Å². The fourth-order valence-electron chi connectivity index (χ4n) is 2.26. The number of carbonyl (C=O) groups excluding carboxylic acids is 1. The Bertz CT molecular complexity index is 593. The van der Waals surface area contributed by atoms with Crippen LogP contribution in [0.25, 0.3) is 11.1 Å². The van der Waals surface area contributed by atoms with Gasteiger partial charge in [-0.05, 0) is 36.1 Å². The van der Waals surface area contributed by atoms with Gasteiger partial charge in [0.25, 0.3) is 0 Å². The van der Waals surface area contributed by atoms with Crippen molar-refractivity contribution in [1.82, 2.24) is 0 Å². The molecule has 0 amide bonds. The number of alkyl halides is 1. The standard InChI is InChI=1S/C18H19BrO2/c19-12-6-2-5-9-17(20)16-13-15(10-11-18(16)21)14-7-3-1-4-8-14/h1,3-4,7-8,10-11,13,21H,2,5-6,9,12H2. The number of Topliss-reactive ketones (excluding diaryl/α,β-unsaturated/α-hetero) is 1. The zero-order chi connectivity index (χ0) is 15.1. The van der Waals surface area contributed by atoms with Crippen LogP contribution >= 0.6 is 15.9 Å². The van der Waals surface area contributed by atoms with Crippen LogP contribution < -0.4 is 0 Å². The van der Waals surface area contributed by atoms with Crippen molar-refractivity contribution in [1.29, 1.82) is 0 Å². The predicted octanol–water partition coefficient (Wildman–Crippen LogP) is 5.20. The number of rotatable bonds is 7. The molecular formula is C18H19BrO2. The van der Waals surface area contributed by atoms with E-state index in [9.17, 15) is 9.90 Å². The molecule has 0 aliphatic carbocycles. The fraction of sp³-hybridized carbons (Fsp3) is 0.278. The summed E-state index contributed by atoms with van der Waals surface area (Å²) < 4.78 is 0. The van der Waals surface area contributed by atoms with Gasteiger partial charge >= 0.3 is 0 Å². The first-order valence-corrected chi connectivity index (χ1v) is 8.32. The Morgan fingerprint density at radius 3 is 2.43 bits per heavy atom. The van der Waals surface area contributed by atoms with Crippen molar-refractivity contribution in [2.45, 2.75) is 25.7 Å². The molecule has 0 spiro atoms. The van der Waals surface area contributed by atoms with Crippen LogP contribution in [0.2, 0.25) is 0 Å². The Hall–Kier alpha value is -1.61. The van der Waals surface area contributed by atoms with Gasteiger partial charge in [-0.1, -0.05) is 58.7 Å². The number of carbonyl (C=O) groups is 1. The first kappa shape index (κ1) is 15.8. The van der Waals surface area contributed by atoms with Crippen LogP contribution in [0.4, 0.5) is 0 Å². The second-order valence-corrected chi connectivity index (χ2v) is 5.81. The summed E-state index contributed by atoms with van der Waals surface area (Å²) >= 11 is 3.38. The minimum absolute atomic E-state index is 0.0138. The van der Waals surface area contributed by atoms with Crippen LogP contribution in [-0.2, 0) is 0 Å². The van der Waals surface area contributed by atoms with Crippen LogP contribution in [0.3, 0.4) is 0 Å². The molecule has 0 saturated heterocycles. The van der Waals surface area contributed by atoms with Gasteiger partial charge in [0.2, 0.25) is 0 Å². The number of phenolic OH excluding ortho intramolecular Hbond substituents is 1. The van der Waals surface area contributed by atoms with E-state index in [4.69, 9.17) is 0 Å². The number of unbranched alkanes of at least 4 members (excludes halogenated alkanes) is 2. The number of halogens is 1. The average molecular weight is 347 g/mol. The first-order valence-electron chi connectivity index (χ1n) is 7.20. The topological polar surface area (TPSA) is 37.3 Å². The fourth-order valence-corrected chi connectivity index (χ4v) is 2.66. The SMILES string of the molecule is O=C(CCCCCBr)c1cc(-c2ccccc2)ccc1O. The van der Waals surface area contributed by atoms with E-state index in [-0.39, 0.29) is 11.5 Å². The molecule has 0 unspecified atom stereocenters. The lowest BCUT2D eigenvalue weighted by molar-refractivity contribution is 0.0977. The Kier molecular flexibility index (Phi) is 6.00. The molecule has 0 radical (unpaired) electrons. The molecule has 0 aromatic heterocycles. The van der Waals surface area contributed by atoms with Crippen LogP contribution in [0.1, 0.15) is 36.0 Å². The zero-order valence-corrected chi connectivity index (χ0v) is 13.5. The second kappa shape index (κ2) is 7.99. The molecule has 2 aromatic carbocycles. The molecule has 1 N–H and O–H groups in total. The van der Waals surface area contributed by atoms with E-state index in [1.54, 1.807) is 12.1 Å². The highest BCUT2D eigenvalue weighted by Crippen LogP contribution is 2.27. The smallest absolute Gasteiger partial charge is 0.166 e. The molecule has 0 heterocycles. The first-order chi connectivity index (χ1) is 10.2. The highest BCUT2D eigenvalue weighted by Gasteiger charge is 2.12. The van der Waals surface area contributed by atoms with Crippen molar-refractivity contribution in [3.63, 3.8) is 0 Å².